The van der Waals surface area contributed by atoms with Crippen molar-refractivity contribution >= 4 is 40.7 Å². The van der Waals surface area contributed by atoms with Crippen LogP contribution >= 0.6 is 23.2 Å². The summed E-state index contributed by atoms with van der Waals surface area (Å²) in [5, 5.41) is 30.1. The number of phenolic OH excluding ortho intramolecular Hbond substituents is 1. The number of carbonyl (C=O) groups is 2. The summed E-state index contributed by atoms with van der Waals surface area (Å²) in [4.78, 5) is 26.2. The van der Waals surface area contributed by atoms with Crippen LogP contribution in [0.2, 0.25) is 10.0 Å². The summed E-state index contributed by atoms with van der Waals surface area (Å²) in [6.45, 7) is -0.454. The van der Waals surface area contributed by atoms with E-state index in [0.717, 1.165) is 0 Å². The average Bonchev–Trinajstić information content (AvgIpc) is 2.87. The van der Waals surface area contributed by atoms with Gasteiger partial charge in [0.25, 0.3) is 11.7 Å². The van der Waals surface area contributed by atoms with E-state index in [4.69, 9.17) is 23.2 Å². The van der Waals surface area contributed by atoms with Crippen LogP contribution in [0, 0.1) is 0 Å². The van der Waals surface area contributed by atoms with E-state index < -0.39 is 23.5 Å². The van der Waals surface area contributed by atoms with Crippen LogP contribution in [-0.4, -0.2) is 45.1 Å². The molecule has 1 heterocycles. The maximum Gasteiger partial charge on any atom is 0.295 e. The lowest BCUT2D eigenvalue weighted by Gasteiger charge is -2.24. The normalized spacial score (nSPS) is 18.9. The molecule has 0 saturated carbocycles. The Morgan fingerprint density at radius 3 is 2.33 bits per heavy atom. The van der Waals surface area contributed by atoms with E-state index in [1.54, 1.807) is 0 Å². The van der Waals surface area contributed by atoms with Gasteiger partial charge in [-0.1, -0.05) is 35.3 Å². The SMILES string of the molecule is O=C1C(=O)N(CCO)[C@@H](c2ccc(O)cc2)C1=C(O)c1ccc(Cl)cc1Cl. The summed E-state index contributed by atoms with van der Waals surface area (Å²) in [7, 11) is 0. The number of halogens is 2. The molecule has 1 aliphatic rings. The quantitative estimate of drug-likeness (QED) is 0.410. The Morgan fingerprint density at radius 2 is 1.74 bits per heavy atom. The molecule has 1 amide bonds. The number of amides is 1. The monoisotopic (exact) mass is 407 g/mol. The lowest BCUT2D eigenvalue weighted by Crippen LogP contribution is -2.32. The van der Waals surface area contributed by atoms with E-state index in [-0.39, 0.29) is 35.1 Å². The average molecular weight is 408 g/mol. The number of hydrogen-bond acceptors (Lipinski definition) is 5. The van der Waals surface area contributed by atoms with Crippen LogP contribution in [0.1, 0.15) is 17.2 Å². The largest absolute Gasteiger partial charge is 0.508 e. The number of aliphatic hydroxyl groups is 2. The molecule has 0 radical (unpaired) electrons. The van der Waals surface area contributed by atoms with Crippen LogP contribution in [0.15, 0.2) is 48.0 Å². The molecule has 1 aliphatic heterocycles. The second kappa shape index (κ2) is 7.60. The third-order valence-corrected chi connectivity index (χ3v) is 4.82. The van der Waals surface area contributed by atoms with Crippen molar-refractivity contribution in [2.45, 2.75) is 6.04 Å². The Labute approximate surface area is 164 Å². The first kappa shape index (κ1) is 19.2. The fraction of sp³-hybridized carbons (Fsp3) is 0.158. The fourth-order valence-electron chi connectivity index (χ4n) is 3.05. The number of aromatic hydroxyl groups is 1. The summed E-state index contributed by atoms with van der Waals surface area (Å²) >= 11 is 12.0. The Bertz CT molecular complexity index is 940. The third kappa shape index (κ3) is 3.51. The zero-order valence-corrected chi connectivity index (χ0v) is 15.4. The molecule has 0 unspecified atom stereocenters. The number of Topliss-reactive ketones (excluding diaryl/α,β-unsaturated/α-hetero) is 1. The fourth-order valence-corrected chi connectivity index (χ4v) is 3.55. The Kier molecular flexibility index (Phi) is 5.41. The van der Waals surface area contributed by atoms with Crippen molar-refractivity contribution in [2.75, 3.05) is 13.2 Å². The number of carbonyl (C=O) groups excluding carboxylic acids is 2. The molecule has 6 nitrogen and oxygen atoms in total. The van der Waals surface area contributed by atoms with Gasteiger partial charge in [-0.05, 0) is 35.9 Å². The number of phenols is 1. The summed E-state index contributed by atoms with van der Waals surface area (Å²) in [6, 6.07) is 9.32. The van der Waals surface area contributed by atoms with Crippen molar-refractivity contribution in [3.8, 4) is 5.75 Å². The first-order valence-corrected chi connectivity index (χ1v) is 8.74. The van der Waals surface area contributed by atoms with Crippen molar-refractivity contribution in [2.24, 2.45) is 0 Å². The van der Waals surface area contributed by atoms with Crippen molar-refractivity contribution < 1.29 is 24.9 Å². The van der Waals surface area contributed by atoms with Gasteiger partial charge in [-0.25, -0.2) is 0 Å². The first-order chi connectivity index (χ1) is 12.8. The van der Waals surface area contributed by atoms with Crippen LogP contribution in [-0.2, 0) is 9.59 Å². The van der Waals surface area contributed by atoms with Crippen molar-refractivity contribution in [3.63, 3.8) is 0 Å². The van der Waals surface area contributed by atoms with Crippen molar-refractivity contribution in [3.05, 3.63) is 69.2 Å². The number of benzene rings is 2. The molecule has 2 aromatic carbocycles. The van der Waals surface area contributed by atoms with E-state index in [1.165, 1.54) is 47.4 Å². The molecule has 2 aromatic rings. The highest BCUT2D eigenvalue weighted by Gasteiger charge is 2.45. The van der Waals surface area contributed by atoms with Crippen molar-refractivity contribution in [1.82, 2.24) is 4.90 Å². The molecule has 0 aromatic heterocycles. The summed E-state index contributed by atoms with van der Waals surface area (Å²) in [5.41, 5.74) is 0.502. The summed E-state index contributed by atoms with van der Waals surface area (Å²) in [5.74, 6) is -2.15. The Hall–Kier alpha value is -2.54. The number of likely N-dealkylation sites (tertiary alicyclic amines) is 1. The van der Waals surface area contributed by atoms with E-state index >= 15 is 0 Å². The second-order valence-electron chi connectivity index (χ2n) is 5.93. The molecule has 8 heteroatoms. The lowest BCUT2D eigenvalue weighted by atomic mass is 9.95. The Balaban J connectivity index is 2.21. The predicted molar refractivity (Wildman–Crippen MR) is 101 cm³/mol. The molecule has 1 atom stereocenters. The molecule has 0 bridgehead atoms. The van der Waals surface area contributed by atoms with Gasteiger partial charge in [-0.3, -0.25) is 9.59 Å². The minimum Gasteiger partial charge on any atom is -0.508 e. The molecule has 3 rings (SSSR count). The molecule has 3 N–H and O–H groups in total. The van der Waals surface area contributed by atoms with Gasteiger partial charge in [0.15, 0.2) is 0 Å². The molecular weight excluding hydrogens is 393 g/mol. The summed E-state index contributed by atoms with van der Waals surface area (Å²) in [6.07, 6.45) is 0. The van der Waals surface area contributed by atoms with Gasteiger partial charge in [-0.2, -0.15) is 0 Å². The smallest absolute Gasteiger partial charge is 0.295 e. The van der Waals surface area contributed by atoms with Gasteiger partial charge < -0.3 is 20.2 Å². The Morgan fingerprint density at radius 1 is 1.07 bits per heavy atom. The maximum atomic E-state index is 12.6. The molecular formula is C19H15Cl2NO5. The van der Waals surface area contributed by atoms with Crippen LogP contribution in [0.5, 0.6) is 5.75 Å². The van der Waals surface area contributed by atoms with Crippen LogP contribution < -0.4 is 0 Å². The number of rotatable bonds is 4. The number of nitrogens with zero attached hydrogens (tertiary/aromatic N) is 1. The molecule has 1 fully saturated rings. The first-order valence-electron chi connectivity index (χ1n) is 7.98. The molecule has 0 aliphatic carbocycles. The van der Waals surface area contributed by atoms with Crippen LogP contribution in [0.25, 0.3) is 5.76 Å². The highest BCUT2D eigenvalue weighted by molar-refractivity contribution is 6.47. The predicted octanol–water partition coefficient (Wildman–Crippen LogP) is 3.11. The minimum absolute atomic E-state index is 0.0126. The zero-order chi connectivity index (χ0) is 19.7. The number of β-amino-alcohol motifs (C(OH)–C–C–N with tert-alkyl or cyclic N) is 1. The standard InChI is InChI=1S/C19H15Cl2NO5/c20-11-3-6-13(14(21)9-11)17(25)15-16(10-1-4-12(24)5-2-10)22(7-8-23)19(27)18(15)26/h1-6,9,16,23-25H,7-8H2/t16-/m0/s1. The molecule has 1 saturated heterocycles. The van der Waals surface area contributed by atoms with Gasteiger partial charge in [0.1, 0.15) is 11.5 Å². The van der Waals surface area contributed by atoms with E-state index in [2.05, 4.69) is 0 Å². The van der Waals surface area contributed by atoms with Gasteiger partial charge in [-0.15, -0.1) is 0 Å². The van der Waals surface area contributed by atoms with E-state index in [9.17, 15) is 24.9 Å². The van der Waals surface area contributed by atoms with Gasteiger partial charge in [0.2, 0.25) is 0 Å². The number of hydrogen-bond donors (Lipinski definition) is 3. The topological polar surface area (TPSA) is 98.1 Å². The van der Waals surface area contributed by atoms with Gasteiger partial charge >= 0.3 is 0 Å². The van der Waals surface area contributed by atoms with E-state index in [1.807, 2.05) is 0 Å². The number of ketones is 1. The van der Waals surface area contributed by atoms with Crippen LogP contribution in [0.3, 0.4) is 0 Å². The van der Waals surface area contributed by atoms with Gasteiger partial charge in [0.05, 0.1) is 23.2 Å². The minimum atomic E-state index is -0.926. The van der Waals surface area contributed by atoms with Crippen LogP contribution in [0.4, 0.5) is 0 Å². The molecule has 140 valence electrons. The summed E-state index contributed by atoms with van der Waals surface area (Å²) < 4.78 is 0. The third-order valence-electron chi connectivity index (χ3n) is 4.28. The van der Waals surface area contributed by atoms with Crippen molar-refractivity contribution in [1.29, 1.82) is 0 Å². The lowest BCUT2D eigenvalue weighted by molar-refractivity contribution is -0.140. The zero-order valence-electron chi connectivity index (χ0n) is 13.9. The van der Waals surface area contributed by atoms with E-state index in [0.29, 0.717) is 10.6 Å². The maximum absolute atomic E-state index is 12.6. The van der Waals surface area contributed by atoms with Gasteiger partial charge in [0, 0.05) is 17.1 Å². The number of aliphatic hydroxyl groups excluding tert-OH is 2. The molecule has 27 heavy (non-hydrogen) atoms. The highest BCUT2D eigenvalue weighted by atomic mass is 35.5. The highest BCUT2D eigenvalue weighted by Crippen LogP contribution is 2.40. The molecule has 0 spiro atoms. The second-order valence-corrected chi connectivity index (χ2v) is 6.78.